The number of amides is 1. The first kappa shape index (κ1) is 15.1. The van der Waals surface area contributed by atoms with Crippen molar-refractivity contribution in [1.29, 1.82) is 0 Å². The number of nitrogens with zero attached hydrogens (tertiary/aromatic N) is 1. The molecule has 0 spiro atoms. The van der Waals surface area contributed by atoms with Crippen LogP contribution in [0.4, 0.5) is 10.1 Å². The summed E-state index contributed by atoms with van der Waals surface area (Å²) in [6, 6.07) is 5.66. The molecule has 0 aliphatic carbocycles. The number of rotatable bonds is 7. The number of hydrogen-bond acceptors (Lipinski definition) is 3. The number of carbonyl (C=O) groups is 2. The van der Waals surface area contributed by atoms with E-state index in [-0.39, 0.29) is 31.2 Å². The summed E-state index contributed by atoms with van der Waals surface area (Å²) in [6.07, 6.45) is -0.0318. The lowest BCUT2D eigenvalue weighted by Crippen LogP contribution is -2.38. The van der Waals surface area contributed by atoms with Gasteiger partial charge in [0.15, 0.2) is 0 Å². The average molecular weight is 268 g/mol. The van der Waals surface area contributed by atoms with Gasteiger partial charge in [0.1, 0.15) is 5.82 Å². The highest BCUT2D eigenvalue weighted by molar-refractivity contribution is 5.94. The van der Waals surface area contributed by atoms with Gasteiger partial charge in [-0.15, -0.1) is 0 Å². The van der Waals surface area contributed by atoms with Gasteiger partial charge in [-0.3, -0.25) is 9.59 Å². The van der Waals surface area contributed by atoms with E-state index in [0.717, 1.165) is 0 Å². The average Bonchev–Trinajstić information content (AvgIpc) is 2.37. The number of anilines is 1. The molecule has 0 aliphatic heterocycles. The van der Waals surface area contributed by atoms with E-state index >= 15 is 0 Å². The molecule has 0 atom stereocenters. The standard InChI is InChI=1S/C13H17FN2O3/c1-2-16(11-5-3-10(14)4-6-11)12(17)9-15-8-7-13(18)19/h3-6,15H,2,7-9H2,1H3,(H,18,19). The maximum atomic E-state index is 12.8. The van der Waals surface area contributed by atoms with E-state index in [1.54, 1.807) is 0 Å². The van der Waals surface area contributed by atoms with Gasteiger partial charge in [0, 0.05) is 18.8 Å². The summed E-state index contributed by atoms with van der Waals surface area (Å²) in [4.78, 5) is 23.8. The maximum absolute atomic E-state index is 12.8. The monoisotopic (exact) mass is 268 g/mol. The van der Waals surface area contributed by atoms with Crippen molar-refractivity contribution in [1.82, 2.24) is 5.32 Å². The van der Waals surface area contributed by atoms with Gasteiger partial charge in [-0.05, 0) is 31.2 Å². The number of nitrogens with one attached hydrogen (secondary N) is 1. The van der Waals surface area contributed by atoms with Crippen molar-refractivity contribution < 1.29 is 19.1 Å². The molecular weight excluding hydrogens is 251 g/mol. The van der Waals surface area contributed by atoms with Crippen LogP contribution in [0.3, 0.4) is 0 Å². The molecule has 6 heteroatoms. The van der Waals surface area contributed by atoms with Crippen LogP contribution in [0.25, 0.3) is 0 Å². The van der Waals surface area contributed by atoms with Crippen molar-refractivity contribution in [3.8, 4) is 0 Å². The molecule has 0 aliphatic rings. The Bertz CT molecular complexity index is 434. The van der Waals surface area contributed by atoms with Gasteiger partial charge in [0.05, 0.1) is 13.0 Å². The fourth-order valence-electron chi connectivity index (χ4n) is 1.61. The Morgan fingerprint density at radius 2 is 1.95 bits per heavy atom. The highest BCUT2D eigenvalue weighted by atomic mass is 19.1. The van der Waals surface area contributed by atoms with Crippen LogP contribution in [0.2, 0.25) is 0 Å². The topological polar surface area (TPSA) is 69.6 Å². The summed E-state index contributed by atoms with van der Waals surface area (Å²) >= 11 is 0. The molecule has 5 nitrogen and oxygen atoms in total. The van der Waals surface area contributed by atoms with Gasteiger partial charge in [0.2, 0.25) is 5.91 Å². The van der Waals surface area contributed by atoms with Crippen LogP contribution in [0.1, 0.15) is 13.3 Å². The minimum absolute atomic E-state index is 0.0318. The van der Waals surface area contributed by atoms with Crippen LogP contribution in [-0.4, -0.2) is 36.6 Å². The third-order valence-electron chi connectivity index (χ3n) is 2.55. The largest absolute Gasteiger partial charge is 0.481 e. The van der Waals surface area contributed by atoms with Crippen molar-refractivity contribution in [2.45, 2.75) is 13.3 Å². The molecule has 0 radical (unpaired) electrons. The Balaban J connectivity index is 2.52. The van der Waals surface area contributed by atoms with Gasteiger partial charge < -0.3 is 15.3 Å². The Kier molecular flexibility index (Phi) is 5.95. The molecule has 0 heterocycles. The van der Waals surface area contributed by atoms with Gasteiger partial charge in [-0.25, -0.2) is 4.39 Å². The summed E-state index contributed by atoms with van der Waals surface area (Å²) in [5.74, 6) is -1.45. The maximum Gasteiger partial charge on any atom is 0.304 e. The van der Waals surface area contributed by atoms with E-state index in [1.165, 1.54) is 29.2 Å². The fraction of sp³-hybridized carbons (Fsp3) is 0.385. The molecule has 1 rings (SSSR count). The normalized spacial score (nSPS) is 10.2. The minimum Gasteiger partial charge on any atom is -0.481 e. The first-order chi connectivity index (χ1) is 9.04. The van der Waals surface area contributed by atoms with Gasteiger partial charge >= 0.3 is 5.97 Å². The van der Waals surface area contributed by atoms with Crippen molar-refractivity contribution in [3.05, 3.63) is 30.1 Å². The van der Waals surface area contributed by atoms with E-state index in [9.17, 15) is 14.0 Å². The number of carboxylic acids is 1. The number of carbonyl (C=O) groups excluding carboxylic acids is 1. The van der Waals surface area contributed by atoms with E-state index in [2.05, 4.69) is 5.32 Å². The number of likely N-dealkylation sites (N-methyl/N-ethyl adjacent to an activating group) is 1. The van der Waals surface area contributed by atoms with E-state index < -0.39 is 5.97 Å². The number of carboxylic acid groups (broad SMARTS) is 1. The highest BCUT2D eigenvalue weighted by Crippen LogP contribution is 2.14. The fourth-order valence-corrected chi connectivity index (χ4v) is 1.61. The van der Waals surface area contributed by atoms with Crippen LogP contribution in [0.15, 0.2) is 24.3 Å². The first-order valence-corrected chi connectivity index (χ1v) is 6.03. The molecule has 0 aromatic heterocycles. The smallest absolute Gasteiger partial charge is 0.304 e. The lowest BCUT2D eigenvalue weighted by atomic mass is 10.2. The second-order valence-electron chi connectivity index (χ2n) is 3.93. The number of aliphatic carboxylic acids is 1. The second kappa shape index (κ2) is 7.48. The summed E-state index contributed by atoms with van der Waals surface area (Å²) < 4.78 is 12.8. The lowest BCUT2D eigenvalue weighted by Gasteiger charge is -2.21. The summed E-state index contributed by atoms with van der Waals surface area (Å²) in [5.41, 5.74) is 0.619. The third-order valence-corrected chi connectivity index (χ3v) is 2.55. The molecular formula is C13H17FN2O3. The van der Waals surface area contributed by atoms with E-state index in [4.69, 9.17) is 5.11 Å². The molecule has 0 bridgehead atoms. The number of benzene rings is 1. The Hall–Kier alpha value is -1.95. The van der Waals surface area contributed by atoms with Crippen molar-refractivity contribution in [3.63, 3.8) is 0 Å². The molecule has 0 fully saturated rings. The van der Waals surface area contributed by atoms with Crippen molar-refractivity contribution >= 4 is 17.6 Å². The SMILES string of the molecule is CCN(C(=O)CNCCC(=O)O)c1ccc(F)cc1. The van der Waals surface area contributed by atoms with Gasteiger partial charge in [0.25, 0.3) is 0 Å². The number of hydrogen-bond donors (Lipinski definition) is 2. The van der Waals surface area contributed by atoms with Crippen molar-refractivity contribution in [2.24, 2.45) is 0 Å². The molecule has 1 aromatic carbocycles. The summed E-state index contributed by atoms with van der Waals surface area (Å²) in [7, 11) is 0. The van der Waals surface area contributed by atoms with Crippen LogP contribution in [0.5, 0.6) is 0 Å². The Morgan fingerprint density at radius 1 is 1.32 bits per heavy atom. The minimum atomic E-state index is -0.911. The van der Waals surface area contributed by atoms with E-state index in [1.807, 2.05) is 6.92 Å². The molecule has 1 aromatic rings. The zero-order valence-electron chi connectivity index (χ0n) is 10.7. The van der Waals surface area contributed by atoms with Crippen LogP contribution < -0.4 is 10.2 Å². The third kappa shape index (κ3) is 5.05. The molecule has 0 unspecified atom stereocenters. The number of halogens is 1. The molecule has 0 saturated carbocycles. The Labute approximate surface area is 111 Å². The van der Waals surface area contributed by atoms with Gasteiger partial charge in [-0.1, -0.05) is 0 Å². The summed E-state index contributed by atoms with van der Waals surface area (Å²) in [6.45, 7) is 2.57. The molecule has 19 heavy (non-hydrogen) atoms. The zero-order chi connectivity index (χ0) is 14.3. The Morgan fingerprint density at radius 3 is 2.47 bits per heavy atom. The predicted molar refractivity (Wildman–Crippen MR) is 69.5 cm³/mol. The summed E-state index contributed by atoms with van der Waals surface area (Å²) in [5, 5.41) is 11.2. The molecule has 0 saturated heterocycles. The lowest BCUT2D eigenvalue weighted by molar-refractivity contribution is -0.137. The van der Waals surface area contributed by atoms with Crippen molar-refractivity contribution in [2.75, 3.05) is 24.5 Å². The molecule has 2 N–H and O–H groups in total. The second-order valence-corrected chi connectivity index (χ2v) is 3.93. The zero-order valence-corrected chi connectivity index (χ0v) is 10.7. The molecule has 104 valence electrons. The predicted octanol–water partition coefficient (Wildman–Crippen LogP) is 1.24. The van der Waals surface area contributed by atoms with E-state index in [0.29, 0.717) is 12.2 Å². The van der Waals surface area contributed by atoms with Crippen LogP contribution >= 0.6 is 0 Å². The quantitative estimate of drug-likeness (QED) is 0.730. The highest BCUT2D eigenvalue weighted by Gasteiger charge is 2.13. The molecule has 1 amide bonds. The van der Waals surface area contributed by atoms with Crippen LogP contribution in [0, 0.1) is 5.82 Å². The van der Waals surface area contributed by atoms with Gasteiger partial charge in [-0.2, -0.15) is 0 Å². The first-order valence-electron chi connectivity index (χ1n) is 6.03. The van der Waals surface area contributed by atoms with Crippen LogP contribution in [-0.2, 0) is 9.59 Å².